The molecule has 124 valence electrons. The summed E-state index contributed by atoms with van der Waals surface area (Å²) in [5.41, 5.74) is 2.54. The summed E-state index contributed by atoms with van der Waals surface area (Å²) in [7, 11) is 0. The van der Waals surface area contributed by atoms with Crippen molar-refractivity contribution in [3.8, 4) is 0 Å². The summed E-state index contributed by atoms with van der Waals surface area (Å²) in [4.78, 5) is 13.4. The number of carbonyl (C=O) groups excluding carboxylic acids is 1. The molecule has 1 aromatic heterocycles. The highest BCUT2D eigenvalue weighted by Gasteiger charge is 2.19. The normalized spacial score (nSPS) is 13.0. The third-order valence-corrected chi connectivity index (χ3v) is 4.87. The molecule has 0 bridgehead atoms. The Kier molecular flexibility index (Phi) is 5.19. The molecule has 1 N–H and O–H groups in total. The zero-order chi connectivity index (χ0) is 17.2. The first kappa shape index (κ1) is 17.6. The van der Waals surface area contributed by atoms with Crippen LogP contribution < -0.4 is 5.32 Å². The van der Waals surface area contributed by atoms with Crippen LogP contribution in [-0.2, 0) is 10.2 Å². The van der Waals surface area contributed by atoms with E-state index < -0.39 is 0 Å². The summed E-state index contributed by atoms with van der Waals surface area (Å²) in [6.07, 6.45) is 0. The van der Waals surface area contributed by atoms with E-state index in [1.807, 2.05) is 6.92 Å². The fourth-order valence-electron chi connectivity index (χ4n) is 2.09. The summed E-state index contributed by atoms with van der Waals surface area (Å²) in [6.45, 7) is 12.3. The van der Waals surface area contributed by atoms with Crippen LogP contribution in [0.1, 0.15) is 44.6 Å². The third-order valence-electron chi connectivity index (χ3n) is 3.61. The maximum absolute atomic E-state index is 12.3. The Morgan fingerprint density at radius 3 is 2.52 bits per heavy atom. The van der Waals surface area contributed by atoms with Gasteiger partial charge in [-0.15, -0.1) is 11.8 Å². The summed E-state index contributed by atoms with van der Waals surface area (Å²) in [6, 6.07) is 8.17. The minimum absolute atomic E-state index is 0.0798. The number of benzene rings is 1. The molecule has 0 aliphatic rings. The lowest BCUT2D eigenvalue weighted by Crippen LogP contribution is -2.22. The van der Waals surface area contributed by atoms with Crippen molar-refractivity contribution in [2.75, 3.05) is 5.32 Å². The van der Waals surface area contributed by atoms with Crippen molar-refractivity contribution in [2.24, 2.45) is 0 Å². The van der Waals surface area contributed by atoms with E-state index in [2.05, 4.69) is 56.4 Å². The standard InChI is InChI=1S/C18H24N2O2S/c1-11-7-8-14(18(4,5)6)10-15(11)23-13(3)17(21)19-16-9-12(2)22-20-16/h7-10,13H,1-6H3,(H,19,20,21). The Hall–Kier alpha value is -1.75. The van der Waals surface area contributed by atoms with E-state index in [-0.39, 0.29) is 16.6 Å². The summed E-state index contributed by atoms with van der Waals surface area (Å²) >= 11 is 1.56. The number of carbonyl (C=O) groups is 1. The summed E-state index contributed by atoms with van der Waals surface area (Å²) in [5.74, 6) is 1.05. The van der Waals surface area contributed by atoms with E-state index in [0.29, 0.717) is 11.6 Å². The number of anilines is 1. The molecule has 0 aliphatic carbocycles. The highest BCUT2D eigenvalue weighted by Crippen LogP contribution is 2.32. The molecule has 1 amide bonds. The number of nitrogens with zero attached hydrogens (tertiary/aromatic N) is 1. The Morgan fingerprint density at radius 2 is 1.96 bits per heavy atom. The predicted octanol–water partition coefficient (Wildman–Crippen LogP) is 4.71. The minimum Gasteiger partial charge on any atom is -0.360 e. The quantitative estimate of drug-likeness (QED) is 0.824. The molecule has 1 atom stereocenters. The minimum atomic E-state index is -0.221. The van der Waals surface area contributed by atoms with Crippen molar-refractivity contribution < 1.29 is 9.32 Å². The Morgan fingerprint density at radius 1 is 1.26 bits per heavy atom. The second kappa shape index (κ2) is 6.79. The summed E-state index contributed by atoms with van der Waals surface area (Å²) < 4.78 is 4.96. The van der Waals surface area contributed by atoms with E-state index >= 15 is 0 Å². The van der Waals surface area contributed by atoms with Gasteiger partial charge in [-0.1, -0.05) is 38.1 Å². The van der Waals surface area contributed by atoms with Gasteiger partial charge in [-0.05, 0) is 43.4 Å². The zero-order valence-electron chi connectivity index (χ0n) is 14.6. The lowest BCUT2D eigenvalue weighted by Gasteiger charge is -2.21. The number of aromatic nitrogens is 1. The maximum atomic E-state index is 12.3. The highest BCUT2D eigenvalue weighted by atomic mass is 32.2. The molecule has 0 spiro atoms. The van der Waals surface area contributed by atoms with Crippen LogP contribution in [0.5, 0.6) is 0 Å². The molecule has 0 fully saturated rings. The van der Waals surface area contributed by atoms with Gasteiger partial charge in [-0.2, -0.15) is 0 Å². The molecule has 1 heterocycles. The fraction of sp³-hybridized carbons (Fsp3) is 0.444. The van der Waals surface area contributed by atoms with Crippen molar-refractivity contribution in [3.63, 3.8) is 0 Å². The molecule has 0 saturated heterocycles. The molecular weight excluding hydrogens is 308 g/mol. The van der Waals surface area contributed by atoms with Crippen LogP contribution in [0.3, 0.4) is 0 Å². The third kappa shape index (κ3) is 4.61. The maximum Gasteiger partial charge on any atom is 0.238 e. The molecule has 1 aromatic carbocycles. The van der Waals surface area contributed by atoms with Crippen molar-refractivity contribution in [3.05, 3.63) is 41.2 Å². The first-order valence-electron chi connectivity index (χ1n) is 7.69. The van der Waals surface area contributed by atoms with Crippen LogP contribution in [0.4, 0.5) is 5.82 Å². The molecule has 0 radical (unpaired) electrons. The van der Waals surface area contributed by atoms with Gasteiger partial charge in [0.05, 0.1) is 5.25 Å². The number of nitrogens with one attached hydrogen (secondary N) is 1. The van der Waals surface area contributed by atoms with Gasteiger partial charge < -0.3 is 9.84 Å². The molecule has 2 rings (SSSR count). The van der Waals surface area contributed by atoms with Crippen LogP contribution in [0.15, 0.2) is 33.7 Å². The zero-order valence-corrected chi connectivity index (χ0v) is 15.4. The van der Waals surface area contributed by atoms with Crippen LogP contribution in [0.25, 0.3) is 0 Å². The topological polar surface area (TPSA) is 55.1 Å². The van der Waals surface area contributed by atoms with Crippen LogP contribution in [0.2, 0.25) is 0 Å². The molecule has 1 unspecified atom stereocenters. The molecule has 0 saturated carbocycles. The number of rotatable bonds is 4. The predicted molar refractivity (Wildman–Crippen MR) is 95.1 cm³/mol. The fourth-order valence-corrected chi connectivity index (χ4v) is 3.09. The van der Waals surface area contributed by atoms with E-state index in [0.717, 1.165) is 4.90 Å². The van der Waals surface area contributed by atoms with Gasteiger partial charge in [0, 0.05) is 11.0 Å². The van der Waals surface area contributed by atoms with E-state index in [1.165, 1.54) is 11.1 Å². The average Bonchev–Trinajstić information content (AvgIpc) is 2.85. The number of amides is 1. The molecule has 5 heteroatoms. The molecule has 4 nitrogen and oxygen atoms in total. The number of thioether (sulfide) groups is 1. The van der Waals surface area contributed by atoms with Crippen molar-refractivity contribution in [2.45, 2.75) is 57.1 Å². The van der Waals surface area contributed by atoms with Crippen molar-refractivity contribution >= 4 is 23.5 Å². The van der Waals surface area contributed by atoms with Gasteiger partial charge >= 0.3 is 0 Å². The lowest BCUT2D eigenvalue weighted by molar-refractivity contribution is -0.115. The van der Waals surface area contributed by atoms with Gasteiger partial charge in [0.25, 0.3) is 0 Å². The van der Waals surface area contributed by atoms with Crippen LogP contribution in [-0.4, -0.2) is 16.3 Å². The second-order valence-electron chi connectivity index (χ2n) is 6.80. The molecule has 23 heavy (non-hydrogen) atoms. The van der Waals surface area contributed by atoms with Crippen LogP contribution >= 0.6 is 11.8 Å². The van der Waals surface area contributed by atoms with Gasteiger partial charge in [-0.3, -0.25) is 4.79 Å². The second-order valence-corrected chi connectivity index (χ2v) is 8.19. The van der Waals surface area contributed by atoms with Crippen molar-refractivity contribution in [1.82, 2.24) is 5.16 Å². The molecule has 2 aromatic rings. The monoisotopic (exact) mass is 332 g/mol. The van der Waals surface area contributed by atoms with Gasteiger partial charge in [0.2, 0.25) is 5.91 Å². The first-order valence-corrected chi connectivity index (χ1v) is 8.57. The van der Waals surface area contributed by atoms with E-state index in [9.17, 15) is 4.79 Å². The molecular formula is C18H24N2O2S. The highest BCUT2D eigenvalue weighted by molar-refractivity contribution is 8.00. The number of hydrogen-bond donors (Lipinski definition) is 1. The van der Waals surface area contributed by atoms with Crippen molar-refractivity contribution in [1.29, 1.82) is 0 Å². The Balaban J connectivity index is 2.10. The largest absolute Gasteiger partial charge is 0.360 e. The SMILES string of the molecule is Cc1cc(NC(=O)C(C)Sc2cc(C(C)(C)C)ccc2C)no1. The van der Waals surface area contributed by atoms with Gasteiger partial charge in [0.1, 0.15) is 5.76 Å². The first-order chi connectivity index (χ1) is 10.7. The van der Waals surface area contributed by atoms with Gasteiger partial charge in [-0.25, -0.2) is 0 Å². The van der Waals surface area contributed by atoms with E-state index in [1.54, 1.807) is 24.8 Å². The van der Waals surface area contributed by atoms with Crippen LogP contribution in [0, 0.1) is 13.8 Å². The Labute approximate surface area is 142 Å². The summed E-state index contributed by atoms with van der Waals surface area (Å²) in [5, 5.41) is 6.35. The smallest absolute Gasteiger partial charge is 0.238 e. The number of aryl methyl sites for hydroxylation is 2. The Bertz CT molecular complexity index is 701. The number of hydrogen-bond acceptors (Lipinski definition) is 4. The lowest BCUT2D eigenvalue weighted by atomic mass is 9.87. The molecule has 0 aliphatic heterocycles. The van der Waals surface area contributed by atoms with E-state index in [4.69, 9.17) is 4.52 Å². The average molecular weight is 332 g/mol. The van der Waals surface area contributed by atoms with Gasteiger partial charge in [0.15, 0.2) is 5.82 Å².